The molecule has 0 aliphatic rings. The second-order valence-electron chi connectivity index (χ2n) is 3.70. The third kappa shape index (κ3) is 3.85. The lowest BCUT2D eigenvalue weighted by atomic mass is 10.2. The van der Waals surface area contributed by atoms with Gasteiger partial charge in [-0.05, 0) is 13.0 Å². The summed E-state index contributed by atoms with van der Waals surface area (Å²) in [4.78, 5) is 10.8. The molecule has 96 valence electrons. The van der Waals surface area contributed by atoms with E-state index >= 15 is 0 Å². The molecule has 3 N–H and O–H groups in total. The summed E-state index contributed by atoms with van der Waals surface area (Å²) in [5.41, 5.74) is 0.161. The number of methoxy groups -OCH3 is 1. The number of carboxylic acid groups (broad SMARTS) is 1. The fourth-order valence-electron chi connectivity index (χ4n) is 1.47. The van der Waals surface area contributed by atoms with Crippen LogP contribution < -0.4 is 5.32 Å². The van der Waals surface area contributed by atoms with Crippen LogP contribution >= 0.6 is 0 Å². The molecule has 0 aliphatic carbocycles. The molecule has 0 amide bonds. The Morgan fingerprint density at radius 1 is 1.65 bits per heavy atom. The Morgan fingerprint density at radius 3 is 2.82 bits per heavy atom. The van der Waals surface area contributed by atoms with Gasteiger partial charge in [-0.2, -0.15) is 0 Å². The number of aliphatic hydroxyl groups is 1. The van der Waals surface area contributed by atoms with Crippen molar-refractivity contribution in [1.29, 1.82) is 0 Å². The number of nitrogens with one attached hydrogen (secondary N) is 1. The number of carboxylic acids is 1. The lowest BCUT2D eigenvalue weighted by Gasteiger charge is -2.13. The topological polar surface area (TPSA) is 91.9 Å². The molecule has 1 aromatic heterocycles. The average molecular weight is 243 g/mol. The van der Waals surface area contributed by atoms with Gasteiger partial charge in [0, 0.05) is 7.11 Å². The van der Waals surface area contributed by atoms with E-state index in [-0.39, 0.29) is 18.2 Å². The third-order valence-corrected chi connectivity index (χ3v) is 2.35. The maximum Gasteiger partial charge on any atom is 0.339 e. The Kier molecular flexibility index (Phi) is 5.14. The van der Waals surface area contributed by atoms with E-state index in [0.29, 0.717) is 24.7 Å². The minimum atomic E-state index is -1.01. The zero-order valence-electron chi connectivity index (χ0n) is 9.90. The zero-order valence-corrected chi connectivity index (χ0v) is 9.90. The molecule has 0 radical (unpaired) electrons. The fraction of sp³-hybridized carbons (Fsp3) is 0.545. The van der Waals surface area contributed by atoms with Crippen molar-refractivity contribution in [2.24, 2.45) is 0 Å². The predicted octanol–water partition coefficient (Wildman–Crippen LogP) is 0.383. The molecule has 0 saturated carbocycles. The Balaban J connectivity index is 2.57. The molecular weight excluding hydrogens is 226 g/mol. The maximum absolute atomic E-state index is 10.8. The molecule has 0 aliphatic heterocycles. The van der Waals surface area contributed by atoms with Crippen LogP contribution in [-0.2, 0) is 11.3 Å². The van der Waals surface area contributed by atoms with Gasteiger partial charge in [0.2, 0.25) is 0 Å². The number of rotatable bonds is 7. The molecule has 17 heavy (non-hydrogen) atoms. The lowest BCUT2D eigenvalue weighted by Crippen LogP contribution is -2.35. The monoisotopic (exact) mass is 243 g/mol. The van der Waals surface area contributed by atoms with Gasteiger partial charge >= 0.3 is 5.97 Å². The van der Waals surface area contributed by atoms with E-state index in [1.165, 1.54) is 6.07 Å². The molecule has 0 saturated heterocycles. The highest BCUT2D eigenvalue weighted by Gasteiger charge is 2.14. The van der Waals surface area contributed by atoms with Gasteiger partial charge in [-0.15, -0.1) is 0 Å². The highest BCUT2D eigenvalue weighted by molar-refractivity contribution is 5.88. The molecule has 0 aromatic carbocycles. The molecule has 0 fully saturated rings. The summed E-state index contributed by atoms with van der Waals surface area (Å²) in [5, 5.41) is 20.9. The SMILES string of the molecule is COCC(CO)NCc1cc(C(=O)O)c(C)o1. The van der Waals surface area contributed by atoms with E-state index in [2.05, 4.69) is 5.32 Å². The molecule has 6 heteroatoms. The van der Waals surface area contributed by atoms with Crippen LogP contribution in [-0.4, -0.2) is 42.5 Å². The first-order chi connectivity index (χ1) is 8.08. The minimum Gasteiger partial charge on any atom is -0.478 e. The second kappa shape index (κ2) is 6.39. The Labute approximate surface area is 99.2 Å². The van der Waals surface area contributed by atoms with E-state index in [4.69, 9.17) is 19.4 Å². The van der Waals surface area contributed by atoms with Crippen molar-refractivity contribution in [3.63, 3.8) is 0 Å². The number of aliphatic hydroxyl groups excluding tert-OH is 1. The number of hydrogen-bond acceptors (Lipinski definition) is 5. The zero-order chi connectivity index (χ0) is 12.8. The van der Waals surface area contributed by atoms with E-state index < -0.39 is 5.97 Å². The highest BCUT2D eigenvalue weighted by atomic mass is 16.5. The summed E-state index contributed by atoms with van der Waals surface area (Å²) in [6.45, 7) is 2.27. The minimum absolute atomic E-state index is 0.0562. The van der Waals surface area contributed by atoms with Gasteiger partial charge in [0.25, 0.3) is 0 Å². The van der Waals surface area contributed by atoms with Crippen molar-refractivity contribution in [2.45, 2.75) is 19.5 Å². The second-order valence-corrected chi connectivity index (χ2v) is 3.70. The van der Waals surface area contributed by atoms with Crippen molar-refractivity contribution in [3.8, 4) is 0 Å². The highest BCUT2D eigenvalue weighted by Crippen LogP contribution is 2.14. The van der Waals surface area contributed by atoms with Crippen LogP contribution in [0.1, 0.15) is 21.9 Å². The fourth-order valence-corrected chi connectivity index (χ4v) is 1.47. The number of hydrogen-bond donors (Lipinski definition) is 3. The smallest absolute Gasteiger partial charge is 0.339 e. The van der Waals surface area contributed by atoms with Crippen molar-refractivity contribution < 1.29 is 24.2 Å². The van der Waals surface area contributed by atoms with E-state index in [9.17, 15) is 4.79 Å². The van der Waals surface area contributed by atoms with Gasteiger partial charge < -0.3 is 24.7 Å². The summed E-state index contributed by atoms with van der Waals surface area (Å²) in [6.07, 6.45) is 0. The largest absolute Gasteiger partial charge is 0.478 e. The van der Waals surface area contributed by atoms with Gasteiger partial charge in [-0.3, -0.25) is 0 Å². The van der Waals surface area contributed by atoms with Gasteiger partial charge in [-0.1, -0.05) is 0 Å². The molecule has 1 unspecified atom stereocenters. The predicted molar refractivity (Wildman–Crippen MR) is 60.0 cm³/mol. The number of aromatic carboxylic acids is 1. The summed E-state index contributed by atoms with van der Waals surface area (Å²) in [6, 6.07) is 1.28. The quantitative estimate of drug-likeness (QED) is 0.641. The number of aryl methyl sites for hydroxylation is 1. The molecule has 1 atom stereocenters. The van der Waals surface area contributed by atoms with Crippen LogP contribution in [0.2, 0.25) is 0 Å². The lowest BCUT2D eigenvalue weighted by molar-refractivity contribution is 0.0695. The first-order valence-corrected chi connectivity index (χ1v) is 5.24. The summed E-state index contributed by atoms with van der Waals surface area (Å²) < 4.78 is 10.2. The van der Waals surface area contributed by atoms with Crippen molar-refractivity contribution >= 4 is 5.97 Å². The van der Waals surface area contributed by atoms with Crippen molar-refractivity contribution in [1.82, 2.24) is 5.32 Å². The first kappa shape index (κ1) is 13.7. The molecule has 1 rings (SSSR count). The van der Waals surface area contributed by atoms with Crippen LogP contribution in [0, 0.1) is 6.92 Å². The van der Waals surface area contributed by atoms with Crippen molar-refractivity contribution in [2.75, 3.05) is 20.3 Å². The van der Waals surface area contributed by atoms with Crippen LogP contribution in [0.5, 0.6) is 0 Å². The van der Waals surface area contributed by atoms with Crippen molar-refractivity contribution in [3.05, 3.63) is 23.2 Å². The Hall–Kier alpha value is -1.37. The third-order valence-electron chi connectivity index (χ3n) is 2.35. The Bertz CT molecular complexity index is 374. The van der Waals surface area contributed by atoms with Crippen LogP contribution in [0.25, 0.3) is 0 Å². The van der Waals surface area contributed by atoms with Crippen LogP contribution in [0.15, 0.2) is 10.5 Å². The molecule has 1 heterocycles. The summed E-state index contributed by atoms with van der Waals surface area (Å²) in [7, 11) is 1.55. The van der Waals surface area contributed by atoms with Crippen LogP contribution in [0.4, 0.5) is 0 Å². The van der Waals surface area contributed by atoms with E-state index in [0.717, 1.165) is 0 Å². The maximum atomic E-state index is 10.8. The number of carbonyl (C=O) groups is 1. The molecule has 6 nitrogen and oxygen atoms in total. The Morgan fingerprint density at radius 2 is 2.35 bits per heavy atom. The molecule has 0 bridgehead atoms. The standard InChI is InChI=1S/C11H17NO5/c1-7-10(11(14)15)3-9(17-7)4-12-8(5-13)6-16-2/h3,8,12-13H,4-6H2,1-2H3,(H,14,15). The van der Waals surface area contributed by atoms with Gasteiger partial charge in [0.05, 0.1) is 25.8 Å². The molecule has 1 aromatic rings. The average Bonchev–Trinajstić information content (AvgIpc) is 2.66. The van der Waals surface area contributed by atoms with E-state index in [1.54, 1.807) is 14.0 Å². The van der Waals surface area contributed by atoms with E-state index in [1.807, 2.05) is 0 Å². The number of ether oxygens (including phenoxy) is 1. The summed E-state index contributed by atoms with van der Waals surface area (Å²) in [5.74, 6) is -0.107. The normalized spacial score (nSPS) is 12.6. The molecular formula is C11H17NO5. The van der Waals surface area contributed by atoms with Gasteiger partial charge in [-0.25, -0.2) is 4.79 Å². The van der Waals surface area contributed by atoms with Gasteiger partial charge in [0.15, 0.2) is 0 Å². The van der Waals surface area contributed by atoms with Crippen LogP contribution in [0.3, 0.4) is 0 Å². The number of furan rings is 1. The van der Waals surface area contributed by atoms with Gasteiger partial charge in [0.1, 0.15) is 17.1 Å². The molecule has 0 spiro atoms. The first-order valence-electron chi connectivity index (χ1n) is 5.24. The summed E-state index contributed by atoms with van der Waals surface area (Å²) >= 11 is 0.